The zero-order valence-corrected chi connectivity index (χ0v) is 51.4. The van der Waals surface area contributed by atoms with Gasteiger partial charge in [-0.25, -0.2) is 32.3 Å². The number of hydrogen-bond acceptors (Lipinski definition) is 16. The van der Waals surface area contributed by atoms with Crippen LogP contribution >= 0.6 is 11.3 Å². The number of pyridine rings is 1. The molecule has 1 saturated heterocycles. The summed E-state index contributed by atoms with van der Waals surface area (Å²) in [6.45, 7) is 17.6. The minimum atomic E-state index is -3.78. The van der Waals surface area contributed by atoms with E-state index in [-0.39, 0.29) is 84.9 Å². The van der Waals surface area contributed by atoms with E-state index < -0.39 is 83.2 Å². The number of anilines is 3. The second kappa shape index (κ2) is 27.9. The lowest BCUT2D eigenvalue weighted by Crippen LogP contribution is -2.57. The van der Waals surface area contributed by atoms with Crippen molar-refractivity contribution in [1.29, 1.82) is 0 Å². The number of amides is 4. The number of thiazole rings is 1. The molecule has 0 spiro atoms. The van der Waals surface area contributed by atoms with Gasteiger partial charge in [-0.2, -0.15) is 5.10 Å². The molecule has 1 aliphatic heterocycles. The number of aliphatic hydroxyl groups excluding tert-OH is 1. The maximum Gasteiger partial charge on any atom is 0.339 e. The molecule has 0 saturated carbocycles. The number of carbonyl (C=O) groups is 5. The number of nitrogens with two attached hydrogens (primary N) is 1. The largest absolute Gasteiger partial charge is 0.484 e. The van der Waals surface area contributed by atoms with E-state index in [1.54, 1.807) is 62.7 Å². The first-order valence-electron chi connectivity index (χ1n) is 27.7. The first-order valence-corrected chi connectivity index (χ1v) is 33.9. The van der Waals surface area contributed by atoms with Crippen LogP contribution in [0.4, 0.5) is 21.7 Å². The summed E-state index contributed by atoms with van der Waals surface area (Å²) >= 11 is 1.55. The fraction of sp³-hybridized carbons (Fsp3) is 0.424. The lowest BCUT2D eigenvalue weighted by atomic mass is 9.85. The van der Waals surface area contributed by atoms with Gasteiger partial charge in [0.1, 0.15) is 59.4 Å². The third-order valence-electron chi connectivity index (χ3n) is 13.9. The normalized spacial score (nSPS) is 15.2. The number of aliphatic hydroxyl groups is 1. The van der Waals surface area contributed by atoms with Crippen LogP contribution in [0.25, 0.3) is 21.7 Å². The highest BCUT2D eigenvalue weighted by atomic mass is 32.2. The average Bonchev–Trinajstić information content (AvgIpc) is 2.91. The second-order valence-electron chi connectivity index (χ2n) is 22.9. The van der Waals surface area contributed by atoms with Crippen LogP contribution in [0.2, 0.25) is 25.7 Å². The van der Waals surface area contributed by atoms with E-state index in [0.717, 1.165) is 27.7 Å². The molecule has 3 aromatic heterocycles. The van der Waals surface area contributed by atoms with Crippen molar-refractivity contribution in [3.05, 3.63) is 124 Å². The van der Waals surface area contributed by atoms with Gasteiger partial charge >= 0.3 is 5.97 Å². The van der Waals surface area contributed by atoms with Crippen molar-refractivity contribution in [1.82, 2.24) is 35.3 Å². The van der Waals surface area contributed by atoms with E-state index in [0.29, 0.717) is 30.6 Å². The van der Waals surface area contributed by atoms with E-state index in [1.807, 2.05) is 31.2 Å². The van der Waals surface area contributed by atoms with Crippen LogP contribution in [-0.4, -0.2) is 120 Å². The van der Waals surface area contributed by atoms with Gasteiger partial charge in [-0.1, -0.05) is 82.9 Å². The third-order valence-corrected chi connectivity index (χ3v) is 17.9. The molecule has 7 rings (SSSR count). The molecule has 7 N–H and O–H groups in total. The number of likely N-dealkylation sites (tertiary alicyclic amines) is 1. The number of sulfonamides is 1. The average molecular weight is 1210 g/mol. The van der Waals surface area contributed by atoms with Gasteiger partial charge in [-0.3, -0.25) is 23.9 Å². The molecular weight excluding hydrogens is 1140 g/mol. The Labute approximate surface area is 494 Å². The van der Waals surface area contributed by atoms with Crippen LogP contribution in [0.15, 0.2) is 90.6 Å². The van der Waals surface area contributed by atoms with E-state index in [4.69, 9.17) is 25.0 Å². The molecule has 25 heteroatoms. The monoisotopic (exact) mass is 1210 g/mol. The Bertz CT molecular complexity index is 3400. The number of esters is 1. The molecule has 6 aromatic rings. The third kappa shape index (κ3) is 17.3. The molecule has 3 aromatic carbocycles. The van der Waals surface area contributed by atoms with Gasteiger partial charge < -0.3 is 45.9 Å². The summed E-state index contributed by atoms with van der Waals surface area (Å²) in [6, 6.07) is 19.9. The minimum absolute atomic E-state index is 0.0135. The number of unbranched alkanes of at least 4 members (excludes halogenated alkanes) is 1. The first kappa shape index (κ1) is 64.0. The molecule has 4 atom stereocenters. The standard InChI is InChI=1S/C59H75FN10O11S2Si/c1-10-83(77,78)68-45-24-20-41(29-47(45)81-37(3)39-18-22-43(60)23-19-39)51-50(54(61)73)55(70(67-51)35-79-27-28-84(7,8)9)65-48-25-21-42(32-62-48)58(76)80-26-12-11-13-49(72)66-53(59(4,5)6)57(75)69-33-44(71)30-46(69)56(74)63-31-38-14-16-40(17-15-38)52-36(2)64-34-82-52/h14-25,29,32,34,37,44,46,53,68,71H,10-13,26-28,30-31,33,35H2,1-9H3,(H2,61,73)(H,62,65)(H,63,74)(H,66,72)/t37?,44-,46+,53?/m1/s1. The van der Waals surface area contributed by atoms with E-state index in [1.165, 1.54) is 59.1 Å². The van der Waals surface area contributed by atoms with E-state index in [9.17, 15) is 41.9 Å². The number of aryl methyl sites for hydroxylation is 1. The summed E-state index contributed by atoms with van der Waals surface area (Å²) in [6.07, 6.45) is 0.385. The molecular formula is C59H75FN10O11S2Si. The number of halogens is 1. The van der Waals surface area contributed by atoms with Crippen LogP contribution in [0.1, 0.15) is 104 Å². The lowest BCUT2D eigenvalue weighted by molar-refractivity contribution is -0.144. The fourth-order valence-electron chi connectivity index (χ4n) is 9.09. The Kier molecular flexibility index (Phi) is 21.2. The maximum atomic E-state index is 14.1. The van der Waals surface area contributed by atoms with Crippen LogP contribution in [0.5, 0.6) is 5.75 Å². The van der Waals surface area contributed by atoms with Crippen molar-refractivity contribution in [2.75, 3.05) is 35.6 Å². The number of benzene rings is 3. The molecule has 4 amide bonds. The Morgan fingerprint density at radius 1 is 0.952 bits per heavy atom. The van der Waals surface area contributed by atoms with Crippen molar-refractivity contribution in [3.8, 4) is 27.4 Å². The minimum Gasteiger partial charge on any atom is -0.484 e. The zero-order chi connectivity index (χ0) is 61.1. The van der Waals surface area contributed by atoms with Crippen molar-refractivity contribution in [2.45, 2.75) is 130 Å². The van der Waals surface area contributed by atoms with Gasteiger partial charge in [0, 0.05) is 52.4 Å². The molecule has 0 bridgehead atoms. The number of nitrogens with zero attached hydrogens (tertiary/aromatic N) is 5. The van der Waals surface area contributed by atoms with Gasteiger partial charge in [0.2, 0.25) is 27.7 Å². The number of hydrogen-bond donors (Lipinski definition) is 6. The summed E-state index contributed by atoms with van der Waals surface area (Å²) < 4.78 is 61.2. The van der Waals surface area contributed by atoms with Gasteiger partial charge in [0.15, 0.2) is 0 Å². The van der Waals surface area contributed by atoms with Crippen LogP contribution in [0, 0.1) is 18.2 Å². The quantitative estimate of drug-likeness (QED) is 0.0160. The number of aromatic nitrogens is 4. The van der Waals surface area contributed by atoms with Crippen LogP contribution in [0.3, 0.4) is 0 Å². The summed E-state index contributed by atoms with van der Waals surface area (Å²) in [5.74, 6) is -3.10. The molecule has 1 aliphatic rings. The molecule has 450 valence electrons. The Hall–Kier alpha value is -7.58. The fourth-order valence-corrected chi connectivity index (χ4v) is 11.3. The first-order chi connectivity index (χ1) is 39.7. The van der Waals surface area contributed by atoms with E-state index in [2.05, 4.69) is 50.3 Å². The molecule has 1 fully saturated rings. The van der Waals surface area contributed by atoms with Gasteiger partial charge in [0.25, 0.3) is 5.91 Å². The lowest BCUT2D eigenvalue weighted by Gasteiger charge is -2.35. The zero-order valence-electron chi connectivity index (χ0n) is 48.8. The smallest absolute Gasteiger partial charge is 0.339 e. The molecule has 4 heterocycles. The SMILES string of the molecule is CCS(=O)(=O)Nc1ccc(-c2nn(COCC[Si](C)(C)C)c(Nc3ccc(C(=O)OCCCCC(=O)NC(C(=O)N4C[C@H](O)C[C@H]4C(=O)NCc4ccc(-c5scnc5C)cc4)C(C)(C)C)cn3)c2C(N)=O)cc1OC(C)c1ccc(F)cc1. The summed E-state index contributed by atoms with van der Waals surface area (Å²) in [7, 11) is -5.28. The van der Waals surface area contributed by atoms with Crippen molar-refractivity contribution >= 4 is 76.4 Å². The number of primary amides is 1. The number of ether oxygens (including phenoxy) is 3. The van der Waals surface area contributed by atoms with Crippen molar-refractivity contribution < 1.29 is 56.1 Å². The Morgan fingerprint density at radius 2 is 1.67 bits per heavy atom. The number of β-amino-alcohol motifs (C(OH)–C–C–N with tert-alkyl or cyclic N) is 1. The van der Waals surface area contributed by atoms with Crippen molar-refractivity contribution in [2.24, 2.45) is 11.1 Å². The highest BCUT2D eigenvalue weighted by molar-refractivity contribution is 7.92. The number of carbonyl (C=O) groups excluding carboxylic acids is 5. The van der Waals surface area contributed by atoms with Crippen LogP contribution in [-0.2, 0) is 47.2 Å². The molecule has 84 heavy (non-hydrogen) atoms. The predicted octanol–water partition coefficient (Wildman–Crippen LogP) is 8.71. The van der Waals surface area contributed by atoms with Gasteiger partial charge in [-0.05, 0) is 98.2 Å². The molecule has 2 unspecified atom stereocenters. The topological polar surface area (TPSA) is 288 Å². The van der Waals surface area contributed by atoms with Crippen molar-refractivity contribution in [3.63, 3.8) is 0 Å². The van der Waals surface area contributed by atoms with Crippen LogP contribution < -0.4 is 31.1 Å². The molecule has 0 aliphatic carbocycles. The highest BCUT2D eigenvalue weighted by Crippen LogP contribution is 2.38. The summed E-state index contributed by atoms with van der Waals surface area (Å²) in [4.78, 5) is 78.9. The van der Waals surface area contributed by atoms with E-state index >= 15 is 0 Å². The van der Waals surface area contributed by atoms with Gasteiger partial charge in [-0.15, -0.1) is 11.3 Å². The number of nitrogens with one attached hydrogen (secondary N) is 4. The van der Waals surface area contributed by atoms with Gasteiger partial charge in [0.05, 0.1) is 45.8 Å². The molecule has 21 nitrogen and oxygen atoms in total. The predicted molar refractivity (Wildman–Crippen MR) is 322 cm³/mol. The second-order valence-corrected chi connectivity index (χ2v) is 31.4. The summed E-state index contributed by atoms with van der Waals surface area (Å²) in [5, 5.41) is 24.3. The Morgan fingerprint density at radius 3 is 2.30 bits per heavy atom. The maximum absolute atomic E-state index is 14.1. The summed E-state index contributed by atoms with van der Waals surface area (Å²) in [5.41, 5.74) is 11.2. The Balaban J connectivity index is 0.966. The number of rotatable bonds is 27. The molecule has 0 radical (unpaired) electrons. The highest BCUT2D eigenvalue weighted by Gasteiger charge is 2.44.